The zero-order valence-electron chi connectivity index (χ0n) is 32.5. The molecule has 1 aliphatic heterocycles. The summed E-state index contributed by atoms with van der Waals surface area (Å²) in [7, 11) is 0. The SMILES string of the molecule is CC1(C)c2ccccc2-c2c(C3=NC(c4ccc(-c5ccc6c(c5)sc5ccccc56)cc4)N=C(c4ccc(-c5ccc6c(c5)sc5ccccc56)cc4)N3)cccc21. The van der Waals surface area contributed by atoms with Gasteiger partial charge in [0.05, 0.1) is 0 Å². The van der Waals surface area contributed by atoms with Gasteiger partial charge in [-0.2, -0.15) is 0 Å². The van der Waals surface area contributed by atoms with Crippen LogP contribution >= 0.6 is 22.7 Å². The predicted octanol–water partition coefficient (Wildman–Crippen LogP) is 14.6. The van der Waals surface area contributed by atoms with Gasteiger partial charge >= 0.3 is 0 Å². The van der Waals surface area contributed by atoms with Crippen molar-refractivity contribution in [3.8, 4) is 33.4 Å². The van der Waals surface area contributed by atoms with Gasteiger partial charge in [-0.25, -0.2) is 9.98 Å². The summed E-state index contributed by atoms with van der Waals surface area (Å²) in [6.07, 6.45) is -0.420. The largest absolute Gasteiger partial charge is 0.324 e. The van der Waals surface area contributed by atoms with Crippen LogP contribution in [0, 0.1) is 0 Å². The van der Waals surface area contributed by atoms with Crippen molar-refractivity contribution in [1.82, 2.24) is 5.32 Å². The highest BCUT2D eigenvalue weighted by Crippen LogP contribution is 2.50. The minimum Gasteiger partial charge on any atom is -0.324 e. The van der Waals surface area contributed by atoms with Crippen LogP contribution in [0.1, 0.15) is 47.8 Å². The Bertz CT molecular complexity index is 3380. The number of hydrogen-bond donors (Lipinski definition) is 1. The minimum absolute atomic E-state index is 0.114. The molecule has 0 radical (unpaired) electrons. The average molecular weight is 792 g/mol. The molecule has 1 aliphatic carbocycles. The number of rotatable bonds is 5. The lowest BCUT2D eigenvalue weighted by Gasteiger charge is -2.25. The lowest BCUT2D eigenvalue weighted by molar-refractivity contribution is 0.660. The lowest BCUT2D eigenvalue weighted by Crippen LogP contribution is -2.36. The second-order valence-corrected chi connectivity index (χ2v) is 18.3. The standard InChI is InChI=1S/C54H37N3S2/c1-54(2)44-14-6-3-12-42(44)50-43(13-9-15-45(50)54)53-56-51(34-22-18-32(19-23-34)36-26-28-40-38-10-4-7-16-46(38)58-48(40)30-36)55-52(57-53)35-24-20-33(21-25-35)37-27-29-41-39-11-5-8-17-47(39)59-49(41)31-37/h3-31,51H,1-2H3,(H,55,56,57). The number of thiophene rings is 2. The van der Waals surface area contributed by atoms with Crippen LogP contribution in [0.2, 0.25) is 0 Å². The summed E-state index contributed by atoms with van der Waals surface area (Å²) in [6.45, 7) is 4.65. The molecule has 1 N–H and O–H groups in total. The minimum atomic E-state index is -0.420. The van der Waals surface area contributed by atoms with Crippen molar-refractivity contribution in [2.45, 2.75) is 25.4 Å². The fraction of sp³-hybridized carbons (Fsp3) is 0.0741. The first-order valence-electron chi connectivity index (χ1n) is 20.2. The Hall–Kier alpha value is -6.66. The number of hydrogen-bond acceptors (Lipinski definition) is 5. The van der Waals surface area contributed by atoms with Gasteiger partial charge in [-0.15, -0.1) is 22.7 Å². The van der Waals surface area contributed by atoms with Crippen LogP contribution in [0.25, 0.3) is 73.7 Å². The summed E-state index contributed by atoms with van der Waals surface area (Å²) >= 11 is 3.71. The van der Waals surface area contributed by atoms with E-state index in [-0.39, 0.29) is 5.41 Å². The maximum Gasteiger partial charge on any atom is 0.169 e. The molecule has 280 valence electrons. The number of benzene rings is 8. The molecule has 0 saturated heterocycles. The molecule has 5 heteroatoms. The number of fused-ring (bicyclic) bond motifs is 9. The van der Waals surface area contributed by atoms with Crippen molar-refractivity contribution in [1.29, 1.82) is 0 Å². The molecule has 1 unspecified atom stereocenters. The van der Waals surface area contributed by atoms with Crippen molar-refractivity contribution in [2.24, 2.45) is 9.98 Å². The van der Waals surface area contributed by atoms with E-state index < -0.39 is 6.17 Å². The van der Waals surface area contributed by atoms with Gasteiger partial charge in [-0.05, 0) is 74.3 Å². The first kappa shape index (κ1) is 34.4. The topological polar surface area (TPSA) is 36.8 Å². The van der Waals surface area contributed by atoms with E-state index >= 15 is 0 Å². The predicted molar refractivity (Wildman–Crippen MR) is 252 cm³/mol. The van der Waals surface area contributed by atoms with Crippen molar-refractivity contribution in [2.75, 3.05) is 0 Å². The van der Waals surface area contributed by atoms with E-state index in [0.29, 0.717) is 0 Å². The molecule has 0 saturated carbocycles. The van der Waals surface area contributed by atoms with Crippen LogP contribution < -0.4 is 5.32 Å². The highest BCUT2D eigenvalue weighted by Gasteiger charge is 2.37. The van der Waals surface area contributed by atoms with Crippen LogP contribution in [-0.4, -0.2) is 11.7 Å². The first-order chi connectivity index (χ1) is 29.0. The molecule has 1 atom stereocenters. The molecule has 0 bridgehead atoms. The summed E-state index contributed by atoms with van der Waals surface area (Å²) in [5.74, 6) is 1.65. The van der Waals surface area contributed by atoms with E-state index in [4.69, 9.17) is 9.98 Å². The van der Waals surface area contributed by atoms with Crippen molar-refractivity contribution in [3.63, 3.8) is 0 Å². The fourth-order valence-electron chi connectivity index (χ4n) is 9.31. The molecule has 0 amide bonds. The third kappa shape index (κ3) is 5.53. The second-order valence-electron chi connectivity index (χ2n) is 16.2. The van der Waals surface area contributed by atoms with Crippen LogP contribution in [0.3, 0.4) is 0 Å². The summed E-state index contributed by atoms with van der Waals surface area (Å²) in [5, 5.41) is 9.01. The molecule has 12 rings (SSSR count). The molecular formula is C54H37N3S2. The van der Waals surface area contributed by atoms with E-state index in [0.717, 1.165) is 28.4 Å². The fourth-order valence-corrected chi connectivity index (χ4v) is 11.6. The van der Waals surface area contributed by atoms with Gasteiger partial charge in [0.15, 0.2) is 6.17 Å². The van der Waals surface area contributed by atoms with Gasteiger partial charge in [0.1, 0.15) is 11.7 Å². The molecule has 0 fully saturated rings. The highest BCUT2D eigenvalue weighted by molar-refractivity contribution is 7.26. The quantitative estimate of drug-likeness (QED) is 0.185. The highest BCUT2D eigenvalue weighted by atomic mass is 32.1. The van der Waals surface area contributed by atoms with E-state index in [1.54, 1.807) is 0 Å². The molecule has 59 heavy (non-hydrogen) atoms. The smallest absolute Gasteiger partial charge is 0.169 e. The Kier molecular flexibility index (Phi) is 7.68. The third-order valence-electron chi connectivity index (χ3n) is 12.4. The molecule has 3 heterocycles. The van der Waals surface area contributed by atoms with E-state index in [1.165, 1.54) is 84.9 Å². The van der Waals surface area contributed by atoms with Crippen molar-refractivity contribution < 1.29 is 0 Å². The van der Waals surface area contributed by atoms with Crippen LogP contribution in [-0.2, 0) is 5.41 Å². The molecule has 3 nitrogen and oxygen atoms in total. The number of nitrogens with one attached hydrogen (secondary N) is 1. The second kappa shape index (κ2) is 13.2. The van der Waals surface area contributed by atoms with Gasteiger partial charge in [-0.1, -0.05) is 166 Å². The Balaban J connectivity index is 0.930. The Labute approximate surface area is 350 Å². The molecule has 2 aromatic heterocycles. The number of amidine groups is 2. The zero-order valence-corrected chi connectivity index (χ0v) is 34.2. The Morgan fingerprint density at radius 1 is 0.424 bits per heavy atom. The van der Waals surface area contributed by atoms with E-state index in [1.807, 2.05) is 22.7 Å². The number of aliphatic imine (C=N–C) groups is 2. The van der Waals surface area contributed by atoms with Crippen LogP contribution in [0.5, 0.6) is 0 Å². The summed E-state index contributed by atoms with van der Waals surface area (Å²) in [4.78, 5) is 10.7. The van der Waals surface area contributed by atoms with Crippen LogP contribution in [0.4, 0.5) is 0 Å². The normalized spacial score (nSPS) is 15.6. The van der Waals surface area contributed by atoms with Gasteiger partial charge in [-0.3, -0.25) is 0 Å². The van der Waals surface area contributed by atoms with E-state index in [2.05, 4.69) is 195 Å². The molecule has 2 aliphatic rings. The molecule has 0 spiro atoms. The van der Waals surface area contributed by atoms with Gasteiger partial charge in [0.25, 0.3) is 0 Å². The van der Waals surface area contributed by atoms with Crippen molar-refractivity contribution >= 4 is 74.7 Å². The number of nitrogens with zero attached hydrogens (tertiary/aromatic N) is 2. The van der Waals surface area contributed by atoms with E-state index in [9.17, 15) is 0 Å². The van der Waals surface area contributed by atoms with Gasteiger partial charge in [0, 0.05) is 56.9 Å². The van der Waals surface area contributed by atoms with Crippen LogP contribution in [0.15, 0.2) is 186 Å². The maximum atomic E-state index is 5.40. The maximum absolute atomic E-state index is 5.40. The van der Waals surface area contributed by atoms with Crippen molar-refractivity contribution in [3.05, 3.63) is 204 Å². The Morgan fingerprint density at radius 3 is 1.58 bits per heavy atom. The summed E-state index contributed by atoms with van der Waals surface area (Å²) in [6, 6.07) is 64.1. The van der Waals surface area contributed by atoms with Gasteiger partial charge < -0.3 is 5.32 Å². The molecule has 10 aromatic rings. The first-order valence-corrected chi connectivity index (χ1v) is 21.8. The Morgan fingerprint density at radius 2 is 0.915 bits per heavy atom. The average Bonchev–Trinajstić information content (AvgIpc) is 3.93. The third-order valence-corrected chi connectivity index (χ3v) is 14.7. The molecular weight excluding hydrogens is 755 g/mol. The lowest BCUT2D eigenvalue weighted by atomic mass is 9.82. The summed E-state index contributed by atoms with van der Waals surface area (Å²) < 4.78 is 5.26. The zero-order chi connectivity index (χ0) is 39.2. The molecule has 8 aromatic carbocycles. The summed E-state index contributed by atoms with van der Waals surface area (Å²) in [5.41, 5.74) is 13.0. The monoisotopic (exact) mass is 791 g/mol. The van der Waals surface area contributed by atoms with Gasteiger partial charge in [0.2, 0.25) is 0 Å².